The number of aliphatic hydroxyl groups excluding tert-OH is 1. The van der Waals surface area contributed by atoms with E-state index in [-0.39, 0.29) is 12.5 Å². The minimum absolute atomic E-state index is 0.222. The van der Waals surface area contributed by atoms with Crippen LogP contribution in [0.1, 0.15) is 64.2 Å². The summed E-state index contributed by atoms with van der Waals surface area (Å²) in [6, 6.07) is 0.344. The molecule has 1 saturated carbocycles. The summed E-state index contributed by atoms with van der Waals surface area (Å²) in [4.78, 5) is 14.2. The quantitative estimate of drug-likeness (QED) is 0.676. The topological polar surface area (TPSA) is 52.6 Å². The summed E-state index contributed by atoms with van der Waals surface area (Å²) in [5.41, 5.74) is 0. The minimum atomic E-state index is 0.222. The Morgan fingerprint density at radius 3 is 2.67 bits per heavy atom. The molecule has 2 rings (SSSR count). The highest BCUT2D eigenvalue weighted by atomic mass is 16.3. The van der Waals surface area contributed by atoms with Crippen LogP contribution in [0.4, 0.5) is 0 Å². The van der Waals surface area contributed by atoms with Gasteiger partial charge in [-0.3, -0.25) is 9.69 Å². The maximum atomic E-state index is 11.8. The number of hydrogen-bond donors (Lipinski definition) is 2. The van der Waals surface area contributed by atoms with Gasteiger partial charge in [-0.1, -0.05) is 32.1 Å². The molecule has 2 fully saturated rings. The number of likely N-dealkylation sites (tertiary alicyclic amines) is 1. The second-order valence-electron chi connectivity index (χ2n) is 6.76. The van der Waals surface area contributed by atoms with Gasteiger partial charge >= 0.3 is 0 Å². The molecule has 4 nitrogen and oxygen atoms in total. The van der Waals surface area contributed by atoms with E-state index >= 15 is 0 Å². The standard InChI is InChI=1S/C17H32N2O2/c20-14-16-8-3-4-12-19(16)13-5-11-18-17(21)10-9-15-6-1-2-7-15/h15-16,20H,1-14H2,(H,18,21)/t16-/m1/s1. The highest BCUT2D eigenvalue weighted by Gasteiger charge is 2.21. The first-order chi connectivity index (χ1) is 10.3. The normalized spacial score (nSPS) is 24.3. The summed E-state index contributed by atoms with van der Waals surface area (Å²) in [6.45, 7) is 3.14. The molecule has 4 heteroatoms. The molecule has 1 saturated heterocycles. The van der Waals surface area contributed by atoms with Crippen molar-refractivity contribution in [1.82, 2.24) is 10.2 Å². The van der Waals surface area contributed by atoms with Gasteiger partial charge in [-0.15, -0.1) is 0 Å². The van der Waals surface area contributed by atoms with E-state index in [0.29, 0.717) is 12.5 Å². The molecule has 0 bridgehead atoms. The van der Waals surface area contributed by atoms with Crippen LogP contribution in [0.25, 0.3) is 0 Å². The predicted molar refractivity (Wildman–Crippen MR) is 85.1 cm³/mol. The van der Waals surface area contributed by atoms with E-state index in [0.717, 1.165) is 44.8 Å². The number of aliphatic hydroxyl groups is 1. The SMILES string of the molecule is O=C(CCC1CCCC1)NCCCN1CCCC[C@@H]1CO. The molecule has 1 atom stereocenters. The van der Waals surface area contributed by atoms with Crippen molar-refractivity contribution in [1.29, 1.82) is 0 Å². The van der Waals surface area contributed by atoms with Gasteiger partial charge in [0.15, 0.2) is 0 Å². The molecule has 2 N–H and O–H groups in total. The van der Waals surface area contributed by atoms with E-state index in [1.54, 1.807) is 0 Å². The van der Waals surface area contributed by atoms with Crippen molar-refractivity contribution in [2.75, 3.05) is 26.2 Å². The summed E-state index contributed by atoms with van der Waals surface area (Å²) in [5.74, 6) is 1.02. The molecule has 0 unspecified atom stereocenters. The molecule has 21 heavy (non-hydrogen) atoms. The average Bonchev–Trinajstić information content (AvgIpc) is 3.03. The summed E-state index contributed by atoms with van der Waals surface area (Å²) in [6.07, 6.45) is 11.7. The Kier molecular flexibility index (Phi) is 7.51. The van der Waals surface area contributed by atoms with Gasteiger partial charge in [-0.2, -0.15) is 0 Å². The van der Waals surface area contributed by atoms with Crippen LogP contribution in [0.5, 0.6) is 0 Å². The van der Waals surface area contributed by atoms with Gasteiger partial charge in [0.25, 0.3) is 0 Å². The third kappa shape index (κ3) is 5.95. The summed E-state index contributed by atoms with van der Waals surface area (Å²) in [5, 5.41) is 12.4. The Bertz CT molecular complexity index is 303. The summed E-state index contributed by atoms with van der Waals surface area (Å²) >= 11 is 0. The fourth-order valence-corrected chi connectivity index (χ4v) is 3.79. The molecule has 122 valence electrons. The molecule has 1 aliphatic heterocycles. The van der Waals surface area contributed by atoms with Crippen molar-refractivity contribution in [3.63, 3.8) is 0 Å². The first-order valence-corrected chi connectivity index (χ1v) is 8.91. The maximum absolute atomic E-state index is 11.8. The Morgan fingerprint density at radius 2 is 1.90 bits per heavy atom. The Morgan fingerprint density at radius 1 is 1.14 bits per heavy atom. The number of amides is 1. The van der Waals surface area contributed by atoms with Gasteiger partial charge in [-0.05, 0) is 38.1 Å². The van der Waals surface area contributed by atoms with Crippen LogP contribution in [-0.2, 0) is 4.79 Å². The van der Waals surface area contributed by atoms with E-state index in [1.807, 2.05) is 0 Å². The van der Waals surface area contributed by atoms with Crippen LogP contribution in [0, 0.1) is 5.92 Å². The van der Waals surface area contributed by atoms with Crippen LogP contribution in [-0.4, -0.2) is 48.2 Å². The van der Waals surface area contributed by atoms with E-state index in [4.69, 9.17) is 0 Å². The Labute approximate surface area is 129 Å². The lowest BCUT2D eigenvalue weighted by molar-refractivity contribution is -0.121. The molecule has 0 spiro atoms. The van der Waals surface area contributed by atoms with Crippen molar-refractivity contribution < 1.29 is 9.90 Å². The van der Waals surface area contributed by atoms with E-state index in [1.165, 1.54) is 38.5 Å². The van der Waals surface area contributed by atoms with Gasteiger partial charge in [0.2, 0.25) is 5.91 Å². The van der Waals surface area contributed by atoms with Crippen LogP contribution < -0.4 is 5.32 Å². The van der Waals surface area contributed by atoms with Gasteiger partial charge < -0.3 is 10.4 Å². The van der Waals surface area contributed by atoms with Crippen LogP contribution in [0.15, 0.2) is 0 Å². The zero-order valence-corrected chi connectivity index (χ0v) is 13.4. The first-order valence-electron chi connectivity index (χ1n) is 8.91. The number of carbonyl (C=O) groups excluding carboxylic acids is 1. The fraction of sp³-hybridized carbons (Fsp3) is 0.941. The molecular formula is C17H32N2O2. The molecule has 1 heterocycles. The van der Waals surface area contributed by atoms with E-state index < -0.39 is 0 Å². The molecule has 0 aromatic rings. The molecule has 2 aliphatic rings. The molecule has 1 aliphatic carbocycles. The van der Waals surface area contributed by atoms with Crippen molar-refractivity contribution in [2.45, 2.75) is 70.3 Å². The van der Waals surface area contributed by atoms with Crippen molar-refractivity contribution in [2.24, 2.45) is 5.92 Å². The second-order valence-corrected chi connectivity index (χ2v) is 6.76. The maximum Gasteiger partial charge on any atom is 0.220 e. The van der Waals surface area contributed by atoms with Crippen molar-refractivity contribution in [3.05, 3.63) is 0 Å². The van der Waals surface area contributed by atoms with Gasteiger partial charge in [-0.25, -0.2) is 0 Å². The van der Waals surface area contributed by atoms with Gasteiger partial charge in [0, 0.05) is 25.6 Å². The molecule has 0 aromatic heterocycles. The summed E-state index contributed by atoms with van der Waals surface area (Å²) in [7, 11) is 0. The number of rotatable bonds is 8. The van der Waals surface area contributed by atoms with Crippen LogP contribution in [0.3, 0.4) is 0 Å². The monoisotopic (exact) mass is 296 g/mol. The number of carbonyl (C=O) groups is 1. The lowest BCUT2D eigenvalue weighted by Gasteiger charge is -2.34. The highest BCUT2D eigenvalue weighted by molar-refractivity contribution is 5.75. The smallest absolute Gasteiger partial charge is 0.220 e. The molecule has 1 amide bonds. The van der Waals surface area contributed by atoms with E-state index in [9.17, 15) is 9.90 Å². The van der Waals surface area contributed by atoms with Gasteiger partial charge in [0.1, 0.15) is 0 Å². The third-order valence-corrected chi connectivity index (χ3v) is 5.16. The van der Waals surface area contributed by atoms with Gasteiger partial charge in [0.05, 0.1) is 6.61 Å². The van der Waals surface area contributed by atoms with Crippen molar-refractivity contribution in [3.8, 4) is 0 Å². The number of piperidine rings is 1. The highest BCUT2D eigenvalue weighted by Crippen LogP contribution is 2.28. The number of nitrogens with one attached hydrogen (secondary N) is 1. The minimum Gasteiger partial charge on any atom is -0.395 e. The summed E-state index contributed by atoms with van der Waals surface area (Å²) < 4.78 is 0. The zero-order chi connectivity index (χ0) is 14.9. The zero-order valence-electron chi connectivity index (χ0n) is 13.4. The average molecular weight is 296 g/mol. The third-order valence-electron chi connectivity index (χ3n) is 5.16. The lowest BCUT2D eigenvalue weighted by atomic mass is 10.0. The molecule has 0 radical (unpaired) electrons. The van der Waals surface area contributed by atoms with Crippen LogP contribution >= 0.6 is 0 Å². The van der Waals surface area contributed by atoms with Crippen molar-refractivity contribution >= 4 is 5.91 Å². The Balaban J connectivity index is 1.51. The first kappa shape index (κ1) is 16.8. The second kappa shape index (κ2) is 9.42. The number of hydrogen-bond acceptors (Lipinski definition) is 3. The fourth-order valence-electron chi connectivity index (χ4n) is 3.79. The molecular weight excluding hydrogens is 264 g/mol. The Hall–Kier alpha value is -0.610. The predicted octanol–water partition coefficient (Wildman–Crippen LogP) is 2.31. The van der Waals surface area contributed by atoms with Crippen LogP contribution in [0.2, 0.25) is 0 Å². The van der Waals surface area contributed by atoms with E-state index in [2.05, 4.69) is 10.2 Å². The number of nitrogens with zero attached hydrogens (tertiary/aromatic N) is 1. The lowest BCUT2D eigenvalue weighted by Crippen LogP contribution is -2.43. The largest absolute Gasteiger partial charge is 0.395 e. The molecule has 0 aromatic carbocycles.